The van der Waals surface area contributed by atoms with Gasteiger partial charge >= 0.3 is 0 Å². The third-order valence-electron chi connectivity index (χ3n) is 3.43. The summed E-state index contributed by atoms with van der Waals surface area (Å²) in [7, 11) is 0. The van der Waals surface area contributed by atoms with E-state index in [0.29, 0.717) is 0 Å². The second-order valence-corrected chi connectivity index (χ2v) is 5.14. The molecule has 10 heteroatoms. The van der Waals surface area contributed by atoms with Crippen molar-refractivity contribution < 1.29 is 50.0 Å². The van der Waals surface area contributed by atoms with Crippen molar-refractivity contribution >= 4 is 5.78 Å². The maximum Gasteiger partial charge on any atom is 0.189 e. The lowest BCUT2D eigenvalue weighted by atomic mass is 10.00. The summed E-state index contributed by atoms with van der Waals surface area (Å²) < 4.78 is 10.00. The molecular formula is C12H22O10. The molecule has 0 saturated carbocycles. The van der Waals surface area contributed by atoms with E-state index in [1.807, 2.05) is 0 Å². The molecule has 130 valence electrons. The zero-order chi connectivity index (χ0) is 17.0. The van der Waals surface area contributed by atoms with E-state index in [1.54, 1.807) is 0 Å². The van der Waals surface area contributed by atoms with Crippen LogP contribution in [0.1, 0.15) is 6.92 Å². The summed E-state index contributed by atoms with van der Waals surface area (Å²) in [6.45, 7) is -0.208. The molecule has 0 amide bonds. The van der Waals surface area contributed by atoms with Crippen molar-refractivity contribution in [2.45, 2.75) is 55.9 Å². The van der Waals surface area contributed by atoms with Gasteiger partial charge in [-0.1, -0.05) is 0 Å². The first-order valence-corrected chi connectivity index (χ1v) is 6.69. The zero-order valence-corrected chi connectivity index (χ0v) is 11.9. The summed E-state index contributed by atoms with van der Waals surface area (Å²) in [6, 6.07) is 0. The Bertz CT molecular complexity index is 364. The van der Waals surface area contributed by atoms with E-state index in [9.17, 15) is 30.3 Å². The largest absolute Gasteiger partial charge is 0.394 e. The molecular weight excluding hydrogens is 304 g/mol. The number of aliphatic hydroxyl groups excluding tert-OH is 7. The zero-order valence-electron chi connectivity index (χ0n) is 11.9. The molecule has 0 bridgehead atoms. The van der Waals surface area contributed by atoms with E-state index in [0.717, 1.165) is 0 Å². The molecule has 0 aromatic rings. The molecule has 22 heavy (non-hydrogen) atoms. The summed E-state index contributed by atoms with van der Waals surface area (Å²) in [5, 5.41) is 65.3. The minimum atomic E-state index is -2.00. The van der Waals surface area contributed by atoms with Gasteiger partial charge in [0.15, 0.2) is 12.1 Å². The molecule has 1 aliphatic rings. The Morgan fingerprint density at radius 2 is 1.73 bits per heavy atom. The highest BCUT2D eigenvalue weighted by Crippen LogP contribution is 2.21. The average Bonchev–Trinajstić information content (AvgIpc) is 2.52. The maximum absolute atomic E-state index is 11.6. The monoisotopic (exact) mass is 326 g/mol. The second-order valence-electron chi connectivity index (χ2n) is 5.14. The van der Waals surface area contributed by atoms with Crippen LogP contribution in [0.4, 0.5) is 0 Å². The van der Waals surface area contributed by atoms with E-state index in [-0.39, 0.29) is 0 Å². The lowest BCUT2D eigenvalue weighted by molar-refractivity contribution is -0.291. The highest BCUT2D eigenvalue weighted by molar-refractivity contribution is 5.84. The average molecular weight is 326 g/mol. The third-order valence-corrected chi connectivity index (χ3v) is 3.43. The summed E-state index contributed by atoms with van der Waals surface area (Å²) in [5.41, 5.74) is 0. The molecule has 1 saturated heterocycles. The van der Waals surface area contributed by atoms with Gasteiger partial charge in [-0.05, 0) is 6.92 Å². The van der Waals surface area contributed by atoms with Gasteiger partial charge in [0.25, 0.3) is 0 Å². The van der Waals surface area contributed by atoms with Gasteiger partial charge in [-0.3, -0.25) is 4.79 Å². The normalized spacial score (nSPS) is 36.6. The Kier molecular flexibility index (Phi) is 7.25. The van der Waals surface area contributed by atoms with Crippen molar-refractivity contribution in [3.05, 3.63) is 0 Å². The van der Waals surface area contributed by atoms with Crippen molar-refractivity contribution in [3.8, 4) is 0 Å². The van der Waals surface area contributed by atoms with Crippen LogP contribution in [0.5, 0.6) is 0 Å². The quantitative estimate of drug-likeness (QED) is 0.241. The van der Waals surface area contributed by atoms with Crippen molar-refractivity contribution in [2.24, 2.45) is 0 Å². The number of aliphatic hydroxyl groups is 7. The third kappa shape index (κ3) is 4.41. The van der Waals surface area contributed by atoms with E-state index in [2.05, 4.69) is 0 Å². The summed E-state index contributed by atoms with van der Waals surface area (Å²) in [5.74, 6) is -1.02. The van der Waals surface area contributed by atoms with E-state index >= 15 is 0 Å². The molecule has 0 radical (unpaired) electrons. The van der Waals surface area contributed by atoms with Gasteiger partial charge in [-0.25, -0.2) is 0 Å². The predicted molar refractivity (Wildman–Crippen MR) is 68.4 cm³/mol. The topological polar surface area (TPSA) is 177 Å². The molecule has 0 unspecified atom stereocenters. The smallest absolute Gasteiger partial charge is 0.189 e. The van der Waals surface area contributed by atoms with Crippen LogP contribution in [0.25, 0.3) is 0 Å². The van der Waals surface area contributed by atoms with Gasteiger partial charge in [0.2, 0.25) is 0 Å². The highest BCUT2D eigenvalue weighted by Gasteiger charge is 2.43. The van der Waals surface area contributed by atoms with Gasteiger partial charge < -0.3 is 45.2 Å². The highest BCUT2D eigenvalue weighted by atomic mass is 16.7. The van der Waals surface area contributed by atoms with Gasteiger partial charge in [-0.15, -0.1) is 0 Å². The van der Waals surface area contributed by atoms with Crippen LogP contribution in [0.2, 0.25) is 0 Å². The molecule has 1 aliphatic heterocycles. The SMILES string of the molecule is C[C@@H]1O[C@@H](OCC(=O)[C@@H](O)[C@H](O)[C@H](O)CO)[C@H](O)[C@H](O)[C@H]1O. The number of ether oxygens (including phenoxy) is 2. The van der Waals surface area contributed by atoms with Crippen LogP contribution >= 0.6 is 0 Å². The van der Waals surface area contributed by atoms with E-state index < -0.39 is 68.0 Å². The number of carbonyl (C=O) groups is 1. The standard InChI is InChI=1S/C12H22O10/c1-4-7(16)10(19)11(20)12(22-4)21-3-6(15)9(18)8(17)5(14)2-13/h4-5,7-14,16-20H,2-3H2,1H3/t4-,5+,7-,8+,9+,10+,11+,12+/m0/s1. The fraction of sp³-hybridized carbons (Fsp3) is 0.917. The van der Waals surface area contributed by atoms with Gasteiger partial charge in [0.1, 0.15) is 43.2 Å². The number of rotatable bonds is 7. The molecule has 1 rings (SSSR count). The first-order valence-electron chi connectivity index (χ1n) is 6.69. The summed E-state index contributed by atoms with van der Waals surface area (Å²) in [4.78, 5) is 11.6. The Morgan fingerprint density at radius 3 is 2.27 bits per heavy atom. The number of hydrogen-bond donors (Lipinski definition) is 7. The maximum atomic E-state index is 11.6. The molecule has 0 aromatic carbocycles. The number of ketones is 1. The molecule has 10 nitrogen and oxygen atoms in total. The molecule has 8 atom stereocenters. The van der Waals surface area contributed by atoms with Gasteiger partial charge in [-0.2, -0.15) is 0 Å². The molecule has 7 N–H and O–H groups in total. The first-order chi connectivity index (χ1) is 10.2. The van der Waals surface area contributed by atoms with Crippen LogP contribution in [-0.4, -0.2) is 104 Å². The van der Waals surface area contributed by atoms with Gasteiger partial charge in [0, 0.05) is 0 Å². The Morgan fingerprint density at radius 1 is 1.14 bits per heavy atom. The Balaban J connectivity index is 2.53. The fourth-order valence-electron chi connectivity index (χ4n) is 1.91. The van der Waals surface area contributed by atoms with Crippen LogP contribution < -0.4 is 0 Å². The Hall–Kier alpha value is -0.690. The van der Waals surface area contributed by atoms with Crippen molar-refractivity contribution in [2.75, 3.05) is 13.2 Å². The second kappa shape index (κ2) is 8.24. The number of Topliss-reactive ketones (excluding diaryl/α,β-unsaturated/α-hetero) is 1. The minimum absolute atomic E-state index is 0.784. The van der Waals surface area contributed by atoms with Crippen LogP contribution in [0.3, 0.4) is 0 Å². The van der Waals surface area contributed by atoms with Crippen LogP contribution in [-0.2, 0) is 14.3 Å². The first kappa shape index (κ1) is 19.4. The summed E-state index contributed by atoms with van der Waals surface area (Å²) >= 11 is 0. The molecule has 0 spiro atoms. The summed E-state index contributed by atoms with van der Waals surface area (Å²) in [6.07, 6.45) is -12.3. The lowest BCUT2D eigenvalue weighted by Crippen LogP contribution is -2.57. The van der Waals surface area contributed by atoms with Crippen LogP contribution in [0.15, 0.2) is 0 Å². The van der Waals surface area contributed by atoms with Gasteiger partial charge in [0.05, 0.1) is 12.7 Å². The van der Waals surface area contributed by atoms with E-state index in [4.69, 9.17) is 19.7 Å². The van der Waals surface area contributed by atoms with Crippen molar-refractivity contribution in [3.63, 3.8) is 0 Å². The number of hydrogen-bond acceptors (Lipinski definition) is 10. The molecule has 1 heterocycles. The van der Waals surface area contributed by atoms with Crippen LogP contribution in [0, 0.1) is 0 Å². The molecule has 0 aromatic heterocycles. The predicted octanol–water partition coefficient (Wildman–Crippen LogP) is -4.53. The van der Waals surface area contributed by atoms with Crippen molar-refractivity contribution in [1.29, 1.82) is 0 Å². The molecule has 1 fully saturated rings. The Labute approximate surface area is 126 Å². The fourth-order valence-corrected chi connectivity index (χ4v) is 1.91. The molecule has 0 aliphatic carbocycles. The number of carbonyl (C=O) groups excluding carboxylic acids is 1. The minimum Gasteiger partial charge on any atom is -0.394 e. The van der Waals surface area contributed by atoms with Crippen molar-refractivity contribution in [1.82, 2.24) is 0 Å². The van der Waals surface area contributed by atoms with E-state index in [1.165, 1.54) is 6.92 Å². The lowest BCUT2D eigenvalue weighted by Gasteiger charge is -2.38.